The Labute approximate surface area is 98.0 Å². The molecule has 2 rings (SSSR count). The second-order valence-electron chi connectivity index (χ2n) is 3.31. The molecule has 2 nitrogen and oxygen atoms in total. The molecule has 3 heteroatoms. The van der Waals surface area contributed by atoms with E-state index in [1.165, 1.54) is 11.3 Å². The Kier molecular flexibility index (Phi) is 3.17. The van der Waals surface area contributed by atoms with Crippen molar-refractivity contribution < 1.29 is 4.79 Å². The van der Waals surface area contributed by atoms with E-state index in [2.05, 4.69) is 0 Å². The van der Waals surface area contributed by atoms with Gasteiger partial charge in [0.15, 0.2) is 5.78 Å². The summed E-state index contributed by atoms with van der Waals surface area (Å²) in [6.07, 6.45) is 3.34. The molecule has 0 aliphatic rings. The monoisotopic (exact) mass is 229 g/mol. The molecule has 1 aromatic carbocycles. The maximum Gasteiger partial charge on any atom is 0.188 e. The largest absolute Gasteiger partial charge is 0.390 e. The lowest BCUT2D eigenvalue weighted by Crippen LogP contribution is -1.95. The van der Waals surface area contributed by atoms with Crippen LogP contribution >= 0.6 is 11.3 Å². The first-order chi connectivity index (χ1) is 7.77. The van der Waals surface area contributed by atoms with Gasteiger partial charge in [0.25, 0.3) is 0 Å². The average Bonchev–Trinajstić information content (AvgIpc) is 2.74. The number of benzene rings is 1. The minimum Gasteiger partial charge on any atom is -0.390 e. The highest BCUT2D eigenvalue weighted by molar-refractivity contribution is 7.14. The number of allylic oxidation sites excluding steroid dienone is 1. The van der Waals surface area contributed by atoms with Crippen molar-refractivity contribution in [2.45, 2.75) is 0 Å². The third-order valence-electron chi connectivity index (χ3n) is 2.19. The van der Waals surface area contributed by atoms with Gasteiger partial charge in [0.1, 0.15) is 0 Å². The fourth-order valence-corrected chi connectivity index (χ4v) is 2.00. The lowest BCUT2D eigenvalue weighted by Gasteiger charge is -1.93. The third kappa shape index (κ3) is 2.38. The number of anilines is 1. The zero-order valence-corrected chi connectivity index (χ0v) is 9.41. The van der Waals surface area contributed by atoms with E-state index < -0.39 is 0 Å². The Morgan fingerprint density at radius 2 is 1.94 bits per heavy atom. The number of hydrogen-bond donors (Lipinski definition) is 1. The van der Waals surface area contributed by atoms with Crippen molar-refractivity contribution in [3.05, 3.63) is 59.0 Å². The fraction of sp³-hybridized carbons (Fsp3) is 0. The molecule has 0 bridgehead atoms. The summed E-state index contributed by atoms with van der Waals surface area (Å²) in [6.45, 7) is 0. The third-order valence-corrected chi connectivity index (χ3v) is 2.93. The molecular formula is C13H11NOS. The molecule has 0 fully saturated rings. The topological polar surface area (TPSA) is 43.1 Å². The molecule has 0 amide bonds. The van der Waals surface area contributed by atoms with Crippen LogP contribution in [0.1, 0.15) is 15.9 Å². The molecule has 0 radical (unpaired) electrons. The molecule has 1 heterocycles. The van der Waals surface area contributed by atoms with E-state index in [0.29, 0.717) is 10.6 Å². The SMILES string of the molecule is Nc1sccc1C(=O)C=Cc1ccccc1. The Morgan fingerprint density at radius 1 is 1.19 bits per heavy atom. The Balaban J connectivity index is 2.15. The van der Waals surface area contributed by atoms with Gasteiger partial charge in [-0.3, -0.25) is 4.79 Å². The van der Waals surface area contributed by atoms with Gasteiger partial charge >= 0.3 is 0 Å². The Morgan fingerprint density at radius 3 is 2.56 bits per heavy atom. The van der Waals surface area contributed by atoms with E-state index >= 15 is 0 Å². The highest BCUT2D eigenvalue weighted by Gasteiger charge is 2.06. The lowest BCUT2D eigenvalue weighted by atomic mass is 10.1. The van der Waals surface area contributed by atoms with Crippen LogP contribution in [0.2, 0.25) is 0 Å². The van der Waals surface area contributed by atoms with Gasteiger partial charge in [-0.05, 0) is 23.1 Å². The summed E-state index contributed by atoms with van der Waals surface area (Å²) in [5, 5.41) is 2.39. The van der Waals surface area contributed by atoms with Crippen molar-refractivity contribution in [1.29, 1.82) is 0 Å². The highest BCUT2D eigenvalue weighted by atomic mass is 32.1. The summed E-state index contributed by atoms with van der Waals surface area (Å²) in [5.41, 5.74) is 7.26. The van der Waals surface area contributed by atoms with E-state index in [0.717, 1.165) is 5.56 Å². The van der Waals surface area contributed by atoms with Crippen LogP contribution < -0.4 is 5.73 Å². The van der Waals surface area contributed by atoms with E-state index in [1.54, 1.807) is 18.2 Å². The van der Waals surface area contributed by atoms with Crippen molar-refractivity contribution in [3.8, 4) is 0 Å². The van der Waals surface area contributed by atoms with Gasteiger partial charge < -0.3 is 5.73 Å². The predicted molar refractivity (Wildman–Crippen MR) is 68.5 cm³/mol. The number of nitrogens with two attached hydrogens (primary N) is 1. The number of carbonyl (C=O) groups excluding carboxylic acids is 1. The van der Waals surface area contributed by atoms with Gasteiger partial charge in [-0.15, -0.1) is 11.3 Å². The second kappa shape index (κ2) is 4.77. The number of thiophene rings is 1. The summed E-state index contributed by atoms with van der Waals surface area (Å²) >= 11 is 1.38. The van der Waals surface area contributed by atoms with E-state index in [-0.39, 0.29) is 5.78 Å². The Hall–Kier alpha value is -1.87. The molecule has 0 aliphatic heterocycles. The zero-order chi connectivity index (χ0) is 11.4. The minimum absolute atomic E-state index is 0.0531. The molecule has 2 aromatic rings. The molecule has 0 atom stereocenters. The van der Waals surface area contributed by atoms with Crippen LogP contribution in [0, 0.1) is 0 Å². The van der Waals surface area contributed by atoms with Gasteiger partial charge in [-0.2, -0.15) is 0 Å². The quantitative estimate of drug-likeness (QED) is 0.648. The number of hydrogen-bond acceptors (Lipinski definition) is 3. The van der Waals surface area contributed by atoms with Crippen LogP contribution in [0.3, 0.4) is 0 Å². The molecular weight excluding hydrogens is 218 g/mol. The zero-order valence-electron chi connectivity index (χ0n) is 8.59. The molecule has 0 saturated heterocycles. The van der Waals surface area contributed by atoms with Crippen molar-refractivity contribution in [2.75, 3.05) is 5.73 Å². The van der Waals surface area contributed by atoms with Crippen LogP contribution in [-0.2, 0) is 0 Å². The first-order valence-corrected chi connectivity index (χ1v) is 5.76. The van der Waals surface area contributed by atoms with Crippen LogP contribution in [0.4, 0.5) is 5.00 Å². The van der Waals surface area contributed by atoms with Gasteiger partial charge in [-0.1, -0.05) is 36.4 Å². The predicted octanol–water partition coefficient (Wildman–Crippen LogP) is 3.23. The molecule has 16 heavy (non-hydrogen) atoms. The second-order valence-corrected chi connectivity index (χ2v) is 4.25. The highest BCUT2D eigenvalue weighted by Crippen LogP contribution is 2.20. The molecule has 1 aromatic heterocycles. The smallest absolute Gasteiger partial charge is 0.188 e. The number of rotatable bonds is 3. The van der Waals surface area contributed by atoms with Crippen molar-refractivity contribution in [3.63, 3.8) is 0 Å². The summed E-state index contributed by atoms with van der Waals surface area (Å²) in [5.74, 6) is -0.0531. The molecule has 0 saturated carbocycles. The molecule has 80 valence electrons. The van der Waals surface area contributed by atoms with Gasteiger partial charge in [0, 0.05) is 0 Å². The van der Waals surface area contributed by atoms with Gasteiger partial charge in [0.2, 0.25) is 0 Å². The van der Waals surface area contributed by atoms with Crippen molar-refractivity contribution >= 4 is 28.2 Å². The van der Waals surface area contributed by atoms with E-state index in [4.69, 9.17) is 5.73 Å². The maximum atomic E-state index is 11.7. The van der Waals surface area contributed by atoms with Gasteiger partial charge in [-0.25, -0.2) is 0 Å². The maximum absolute atomic E-state index is 11.7. The van der Waals surface area contributed by atoms with E-state index in [9.17, 15) is 4.79 Å². The van der Waals surface area contributed by atoms with Crippen LogP contribution in [-0.4, -0.2) is 5.78 Å². The first kappa shape index (κ1) is 10.6. The molecule has 0 aliphatic carbocycles. The Bertz CT molecular complexity index is 514. The number of carbonyl (C=O) groups is 1. The fourth-order valence-electron chi connectivity index (χ4n) is 1.35. The molecule has 2 N–H and O–H groups in total. The minimum atomic E-state index is -0.0531. The first-order valence-electron chi connectivity index (χ1n) is 4.88. The summed E-state index contributed by atoms with van der Waals surface area (Å²) < 4.78 is 0. The number of ketones is 1. The summed E-state index contributed by atoms with van der Waals surface area (Å²) in [4.78, 5) is 11.7. The van der Waals surface area contributed by atoms with Crippen LogP contribution in [0.25, 0.3) is 6.08 Å². The van der Waals surface area contributed by atoms with Crippen molar-refractivity contribution in [2.24, 2.45) is 0 Å². The molecule has 0 unspecified atom stereocenters. The van der Waals surface area contributed by atoms with Crippen LogP contribution in [0.5, 0.6) is 0 Å². The summed E-state index contributed by atoms with van der Waals surface area (Å²) in [7, 11) is 0. The average molecular weight is 229 g/mol. The lowest BCUT2D eigenvalue weighted by molar-refractivity contribution is 0.104. The summed E-state index contributed by atoms with van der Waals surface area (Å²) in [6, 6.07) is 11.4. The van der Waals surface area contributed by atoms with Crippen molar-refractivity contribution in [1.82, 2.24) is 0 Å². The molecule has 0 spiro atoms. The van der Waals surface area contributed by atoms with Crippen LogP contribution in [0.15, 0.2) is 47.9 Å². The standard InChI is InChI=1S/C13H11NOS/c14-13-11(8-9-16-13)12(15)7-6-10-4-2-1-3-5-10/h1-9H,14H2. The normalized spacial score (nSPS) is 10.8. The van der Waals surface area contributed by atoms with E-state index in [1.807, 2.05) is 35.7 Å². The number of nitrogen functional groups attached to an aromatic ring is 1. The van der Waals surface area contributed by atoms with Gasteiger partial charge in [0.05, 0.1) is 10.6 Å².